The predicted octanol–water partition coefficient (Wildman–Crippen LogP) is 0.806. The number of hydrogen-bond acceptors (Lipinski definition) is 3. The van der Waals surface area contributed by atoms with Crippen molar-refractivity contribution in [2.24, 2.45) is 5.73 Å². The largest absolute Gasteiger partial charge is 0.399 e. The van der Waals surface area contributed by atoms with E-state index in [0.717, 1.165) is 23.4 Å². The van der Waals surface area contributed by atoms with Crippen LogP contribution in [0.4, 0.5) is 5.69 Å². The van der Waals surface area contributed by atoms with Crippen LogP contribution in [0.3, 0.4) is 0 Å². The van der Waals surface area contributed by atoms with Crippen LogP contribution in [0.5, 0.6) is 0 Å². The fourth-order valence-corrected chi connectivity index (χ4v) is 1.51. The topological polar surface area (TPSA) is 69.3 Å². The highest BCUT2D eigenvalue weighted by atomic mass is 15.0. The van der Waals surface area contributed by atoms with Gasteiger partial charge in [0.2, 0.25) is 0 Å². The molecule has 2 rings (SSSR count). The van der Waals surface area contributed by atoms with Gasteiger partial charge in [-0.05, 0) is 19.1 Å². The maximum absolute atomic E-state index is 5.73. The number of nitrogens with zero attached hydrogens (tertiary/aromatic N) is 2. The van der Waals surface area contributed by atoms with Crippen LogP contribution >= 0.6 is 0 Å². The molecule has 0 aliphatic carbocycles. The Balaban J connectivity index is 2.47. The Morgan fingerprint density at radius 2 is 2.36 bits per heavy atom. The van der Waals surface area contributed by atoms with Gasteiger partial charge in [-0.2, -0.15) is 0 Å². The molecule has 0 fully saturated rings. The average molecular weight is 190 g/mol. The summed E-state index contributed by atoms with van der Waals surface area (Å²) in [6.45, 7) is 1.97. The van der Waals surface area contributed by atoms with Gasteiger partial charge in [-0.1, -0.05) is 0 Å². The van der Waals surface area contributed by atoms with E-state index < -0.39 is 0 Å². The lowest BCUT2D eigenvalue weighted by atomic mass is 10.2. The summed E-state index contributed by atoms with van der Waals surface area (Å²) >= 11 is 0. The first-order valence-electron chi connectivity index (χ1n) is 4.64. The molecule has 4 N–H and O–H groups in total. The van der Waals surface area contributed by atoms with Gasteiger partial charge in [-0.3, -0.25) is 0 Å². The summed E-state index contributed by atoms with van der Waals surface area (Å²) in [5.41, 5.74) is 13.2. The average Bonchev–Trinajstić information content (AvgIpc) is 2.47. The Labute approximate surface area is 82.5 Å². The molecule has 0 radical (unpaired) electrons. The van der Waals surface area contributed by atoms with Gasteiger partial charge in [-0.25, -0.2) is 4.98 Å². The lowest BCUT2D eigenvalue weighted by Gasteiger charge is -2.04. The summed E-state index contributed by atoms with van der Waals surface area (Å²) in [5.74, 6) is 0.981. The first-order valence-corrected chi connectivity index (χ1v) is 4.64. The van der Waals surface area contributed by atoms with Gasteiger partial charge in [-0.15, -0.1) is 0 Å². The van der Waals surface area contributed by atoms with Crippen molar-refractivity contribution in [3.63, 3.8) is 0 Å². The molecule has 0 aliphatic heterocycles. The molecule has 14 heavy (non-hydrogen) atoms. The lowest BCUT2D eigenvalue weighted by Crippen LogP contribution is -2.19. The summed E-state index contributed by atoms with van der Waals surface area (Å²) in [6.07, 6.45) is 4.52. The second-order valence-electron chi connectivity index (χ2n) is 3.61. The van der Waals surface area contributed by atoms with Gasteiger partial charge in [0.05, 0.1) is 11.7 Å². The van der Waals surface area contributed by atoms with Gasteiger partial charge in [0, 0.05) is 24.3 Å². The molecule has 0 saturated heterocycles. The van der Waals surface area contributed by atoms with E-state index in [1.807, 2.05) is 35.9 Å². The van der Waals surface area contributed by atoms with E-state index in [-0.39, 0.29) is 6.04 Å². The van der Waals surface area contributed by atoms with E-state index in [1.54, 1.807) is 0 Å². The molecule has 0 saturated carbocycles. The minimum atomic E-state index is 0.123. The smallest absolute Gasteiger partial charge is 0.114 e. The minimum Gasteiger partial charge on any atom is -0.399 e. The molecule has 4 nitrogen and oxygen atoms in total. The number of fused-ring (bicyclic) bond motifs is 1. The number of pyridine rings is 1. The molecule has 2 heterocycles. The van der Waals surface area contributed by atoms with Crippen LogP contribution in [0.2, 0.25) is 0 Å². The van der Waals surface area contributed by atoms with Gasteiger partial charge in [0.15, 0.2) is 0 Å². The maximum atomic E-state index is 5.73. The molecule has 0 aliphatic rings. The van der Waals surface area contributed by atoms with Crippen molar-refractivity contribution in [3.05, 3.63) is 30.4 Å². The van der Waals surface area contributed by atoms with Gasteiger partial charge in [0.1, 0.15) is 5.82 Å². The molecule has 4 heteroatoms. The van der Waals surface area contributed by atoms with E-state index in [1.165, 1.54) is 0 Å². The number of anilines is 1. The standard InChI is InChI=1S/C10H14N4/c1-7(11)4-10-13-6-9-5-8(12)2-3-14(9)10/h2-3,5-7H,4,11-12H2,1H3. The highest BCUT2D eigenvalue weighted by Crippen LogP contribution is 2.11. The first-order chi connectivity index (χ1) is 6.66. The molecule has 0 aromatic carbocycles. The van der Waals surface area contributed by atoms with Crippen LogP contribution in [-0.4, -0.2) is 15.4 Å². The van der Waals surface area contributed by atoms with Crippen LogP contribution in [-0.2, 0) is 6.42 Å². The van der Waals surface area contributed by atoms with Crippen molar-refractivity contribution in [1.29, 1.82) is 0 Å². The zero-order valence-corrected chi connectivity index (χ0v) is 8.14. The molecule has 74 valence electrons. The highest BCUT2D eigenvalue weighted by Gasteiger charge is 2.05. The van der Waals surface area contributed by atoms with Crippen molar-refractivity contribution in [3.8, 4) is 0 Å². The Morgan fingerprint density at radius 3 is 3.07 bits per heavy atom. The number of rotatable bonds is 2. The van der Waals surface area contributed by atoms with Crippen molar-refractivity contribution < 1.29 is 0 Å². The number of nitrogens with two attached hydrogens (primary N) is 2. The SMILES string of the molecule is CC(N)Cc1ncc2cc(N)ccn12. The molecule has 0 bridgehead atoms. The molecule has 0 spiro atoms. The third-order valence-electron chi connectivity index (χ3n) is 2.14. The first kappa shape index (κ1) is 9.02. The zero-order valence-electron chi connectivity index (χ0n) is 8.14. The summed E-state index contributed by atoms with van der Waals surface area (Å²) < 4.78 is 2.01. The Hall–Kier alpha value is -1.55. The van der Waals surface area contributed by atoms with Crippen LogP contribution in [0.25, 0.3) is 5.52 Å². The molecule has 1 unspecified atom stereocenters. The summed E-state index contributed by atoms with van der Waals surface area (Å²) in [6, 6.07) is 3.88. The summed E-state index contributed by atoms with van der Waals surface area (Å²) in [4.78, 5) is 4.30. The van der Waals surface area contributed by atoms with Crippen molar-refractivity contribution >= 4 is 11.2 Å². The molecular formula is C10H14N4. The fraction of sp³-hybridized carbons (Fsp3) is 0.300. The van der Waals surface area contributed by atoms with E-state index >= 15 is 0 Å². The van der Waals surface area contributed by atoms with Gasteiger partial charge >= 0.3 is 0 Å². The number of hydrogen-bond donors (Lipinski definition) is 2. The molecule has 2 aromatic rings. The summed E-state index contributed by atoms with van der Waals surface area (Å²) in [7, 11) is 0. The van der Waals surface area contributed by atoms with Crippen LogP contribution in [0.15, 0.2) is 24.5 Å². The van der Waals surface area contributed by atoms with Crippen molar-refractivity contribution in [2.75, 3.05) is 5.73 Å². The van der Waals surface area contributed by atoms with Gasteiger partial charge in [0.25, 0.3) is 0 Å². The fourth-order valence-electron chi connectivity index (χ4n) is 1.51. The lowest BCUT2D eigenvalue weighted by molar-refractivity contribution is 0.700. The molecule has 0 amide bonds. The Bertz CT molecular complexity index is 444. The van der Waals surface area contributed by atoms with Gasteiger partial charge < -0.3 is 15.9 Å². The van der Waals surface area contributed by atoms with E-state index in [2.05, 4.69) is 4.98 Å². The van der Waals surface area contributed by atoms with Crippen LogP contribution in [0, 0.1) is 0 Å². The number of nitrogen functional groups attached to an aromatic ring is 1. The van der Waals surface area contributed by atoms with Crippen LogP contribution < -0.4 is 11.5 Å². The normalized spacial score (nSPS) is 13.3. The molecular weight excluding hydrogens is 176 g/mol. The predicted molar refractivity (Wildman–Crippen MR) is 57.0 cm³/mol. The third kappa shape index (κ3) is 1.56. The Morgan fingerprint density at radius 1 is 1.57 bits per heavy atom. The van der Waals surface area contributed by atoms with E-state index in [0.29, 0.717) is 0 Å². The van der Waals surface area contributed by atoms with Crippen molar-refractivity contribution in [2.45, 2.75) is 19.4 Å². The maximum Gasteiger partial charge on any atom is 0.114 e. The van der Waals surface area contributed by atoms with Crippen molar-refractivity contribution in [1.82, 2.24) is 9.38 Å². The zero-order chi connectivity index (χ0) is 10.1. The monoisotopic (exact) mass is 190 g/mol. The second-order valence-corrected chi connectivity index (χ2v) is 3.61. The minimum absolute atomic E-state index is 0.123. The van der Waals surface area contributed by atoms with E-state index in [4.69, 9.17) is 11.5 Å². The number of imidazole rings is 1. The molecule has 1 atom stereocenters. The highest BCUT2D eigenvalue weighted by molar-refractivity contribution is 5.55. The third-order valence-corrected chi connectivity index (χ3v) is 2.14. The molecule has 2 aromatic heterocycles. The summed E-state index contributed by atoms with van der Waals surface area (Å²) in [5, 5.41) is 0. The van der Waals surface area contributed by atoms with E-state index in [9.17, 15) is 0 Å². The van der Waals surface area contributed by atoms with Crippen LogP contribution in [0.1, 0.15) is 12.7 Å². The second kappa shape index (κ2) is 3.31. The number of aromatic nitrogens is 2. The Kier molecular flexibility index (Phi) is 2.13. The quantitative estimate of drug-likeness (QED) is 0.736.